The summed E-state index contributed by atoms with van der Waals surface area (Å²) in [6, 6.07) is 13.9. The monoisotopic (exact) mass is 434 g/mol. The second-order valence-electron chi connectivity index (χ2n) is 7.66. The number of aromatic nitrogens is 1. The van der Waals surface area contributed by atoms with Crippen molar-refractivity contribution in [2.75, 3.05) is 26.9 Å². The maximum atomic E-state index is 13.1. The predicted octanol–water partition coefficient (Wildman–Crippen LogP) is 3.65. The number of hydrogen-bond donors (Lipinski definition) is 1. The third kappa shape index (κ3) is 3.65. The van der Waals surface area contributed by atoms with Gasteiger partial charge in [-0.15, -0.1) is 0 Å². The van der Waals surface area contributed by atoms with Crippen LogP contribution in [0.5, 0.6) is 5.75 Å². The summed E-state index contributed by atoms with van der Waals surface area (Å²) in [6.45, 7) is 2.84. The summed E-state index contributed by atoms with van der Waals surface area (Å²) >= 11 is 0. The molecular formula is C25H26N2O5. The Morgan fingerprint density at radius 1 is 1.12 bits per heavy atom. The fraction of sp³-hybridized carbons (Fsp3) is 0.280. The van der Waals surface area contributed by atoms with Gasteiger partial charge in [0.25, 0.3) is 11.7 Å². The fourth-order valence-corrected chi connectivity index (χ4v) is 4.27. The molecule has 166 valence electrons. The van der Waals surface area contributed by atoms with E-state index in [0.29, 0.717) is 17.9 Å². The molecule has 1 aliphatic heterocycles. The van der Waals surface area contributed by atoms with Crippen LogP contribution >= 0.6 is 0 Å². The molecule has 1 fully saturated rings. The lowest BCUT2D eigenvalue weighted by Crippen LogP contribution is -2.32. The lowest BCUT2D eigenvalue weighted by Gasteiger charge is -2.24. The summed E-state index contributed by atoms with van der Waals surface area (Å²) in [6.07, 6.45) is 1.91. The molecule has 0 radical (unpaired) electrons. The van der Waals surface area contributed by atoms with E-state index in [1.165, 1.54) is 4.90 Å². The van der Waals surface area contributed by atoms with Gasteiger partial charge in [-0.3, -0.25) is 9.59 Å². The molecule has 3 aromatic rings. The highest BCUT2D eigenvalue weighted by molar-refractivity contribution is 6.46. The van der Waals surface area contributed by atoms with Crippen molar-refractivity contribution in [2.24, 2.45) is 7.05 Å². The van der Waals surface area contributed by atoms with Gasteiger partial charge < -0.3 is 24.0 Å². The van der Waals surface area contributed by atoms with Crippen LogP contribution in [0.4, 0.5) is 0 Å². The van der Waals surface area contributed by atoms with Gasteiger partial charge in [0.15, 0.2) is 0 Å². The van der Waals surface area contributed by atoms with Crippen LogP contribution in [0.2, 0.25) is 0 Å². The highest BCUT2D eigenvalue weighted by atomic mass is 16.5. The smallest absolute Gasteiger partial charge is 0.295 e. The van der Waals surface area contributed by atoms with Gasteiger partial charge in [-0.05, 0) is 25.1 Å². The summed E-state index contributed by atoms with van der Waals surface area (Å²) in [5.41, 5.74) is 2.24. The Hall–Kier alpha value is -3.58. The van der Waals surface area contributed by atoms with E-state index in [0.717, 1.165) is 16.5 Å². The highest BCUT2D eigenvalue weighted by Crippen LogP contribution is 2.42. The van der Waals surface area contributed by atoms with Crippen molar-refractivity contribution < 1.29 is 24.2 Å². The number of carbonyl (C=O) groups excluding carboxylic acids is 2. The number of aliphatic hydroxyl groups excluding tert-OH is 1. The lowest BCUT2D eigenvalue weighted by molar-refractivity contribution is -0.140. The molecule has 1 N–H and O–H groups in total. The molecule has 7 nitrogen and oxygen atoms in total. The number of fused-ring (bicyclic) bond motifs is 1. The van der Waals surface area contributed by atoms with Crippen LogP contribution in [0, 0.1) is 0 Å². The zero-order valence-electron chi connectivity index (χ0n) is 18.4. The number of likely N-dealkylation sites (tertiary alicyclic amines) is 1. The van der Waals surface area contributed by atoms with Gasteiger partial charge in [-0.2, -0.15) is 0 Å². The molecular weight excluding hydrogens is 408 g/mol. The number of Topliss-reactive ketones (excluding diaryl/α,β-unsaturated/α-hetero) is 1. The molecule has 32 heavy (non-hydrogen) atoms. The standard InChI is InChI=1S/C25H26N2O5/c1-4-32-17-9-7-8-16(14-17)23(28)21-22(27(12-13-31-3)25(30)24(21)29)19-15-26(2)20-11-6-5-10-18(19)20/h5-11,14-15,22,28H,4,12-13H2,1-3H3/b23-21+. The first-order valence-electron chi connectivity index (χ1n) is 10.5. The molecule has 1 aliphatic rings. The van der Waals surface area contributed by atoms with Crippen molar-refractivity contribution in [2.45, 2.75) is 13.0 Å². The van der Waals surface area contributed by atoms with Crippen LogP contribution in [-0.4, -0.2) is 53.1 Å². The number of carbonyl (C=O) groups is 2. The number of rotatable bonds is 7. The Balaban J connectivity index is 1.92. The van der Waals surface area contributed by atoms with E-state index in [1.807, 2.05) is 49.0 Å². The number of aryl methyl sites for hydroxylation is 1. The number of methoxy groups -OCH3 is 1. The molecule has 1 aromatic heterocycles. The summed E-state index contributed by atoms with van der Waals surface area (Å²) in [5.74, 6) is -1.00. The average molecular weight is 434 g/mol. The van der Waals surface area contributed by atoms with Gasteiger partial charge in [0, 0.05) is 48.9 Å². The van der Waals surface area contributed by atoms with Crippen molar-refractivity contribution in [1.29, 1.82) is 0 Å². The van der Waals surface area contributed by atoms with Crippen LogP contribution in [0.15, 0.2) is 60.3 Å². The first-order chi connectivity index (χ1) is 15.5. The molecule has 4 rings (SSSR count). The zero-order valence-corrected chi connectivity index (χ0v) is 18.4. The number of benzene rings is 2. The van der Waals surface area contributed by atoms with Gasteiger partial charge >= 0.3 is 0 Å². The third-order valence-electron chi connectivity index (χ3n) is 5.72. The van der Waals surface area contributed by atoms with Gasteiger partial charge in [0.1, 0.15) is 11.5 Å². The van der Waals surface area contributed by atoms with Crippen molar-refractivity contribution in [3.63, 3.8) is 0 Å². The van der Waals surface area contributed by atoms with E-state index in [-0.39, 0.29) is 24.5 Å². The minimum atomic E-state index is -0.730. The Labute approximate surface area is 186 Å². The largest absolute Gasteiger partial charge is 0.507 e. The summed E-state index contributed by atoms with van der Waals surface area (Å²) in [4.78, 5) is 27.6. The van der Waals surface area contributed by atoms with Gasteiger partial charge in [-0.1, -0.05) is 30.3 Å². The van der Waals surface area contributed by atoms with Crippen LogP contribution in [-0.2, 0) is 21.4 Å². The maximum Gasteiger partial charge on any atom is 0.295 e. The predicted molar refractivity (Wildman–Crippen MR) is 121 cm³/mol. The number of ketones is 1. The second kappa shape index (κ2) is 8.88. The van der Waals surface area contributed by atoms with E-state index in [9.17, 15) is 14.7 Å². The minimum absolute atomic E-state index is 0.0658. The molecule has 1 atom stereocenters. The Bertz CT molecular complexity index is 1210. The summed E-state index contributed by atoms with van der Waals surface area (Å²) in [7, 11) is 3.46. The van der Waals surface area contributed by atoms with Gasteiger partial charge in [0.2, 0.25) is 0 Å². The highest BCUT2D eigenvalue weighted by Gasteiger charge is 2.46. The third-order valence-corrected chi connectivity index (χ3v) is 5.72. The number of ether oxygens (including phenoxy) is 2. The summed E-state index contributed by atoms with van der Waals surface area (Å²) in [5, 5.41) is 12.2. The molecule has 2 heterocycles. The number of amides is 1. The molecule has 0 spiro atoms. The number of para-hydroxylation sites is 1. The Morgan fingerprint density at radius 3 is 2.66 bits per heavy atom. The average Bonchev–Trinajstić information content (AvgIpc) is 3.26. The van der Waals surface area contributed by atoms with Crippen LogP contribution in [0.1, 0.15) is 24.1 Å². The molecule has 1 unspecified atom stereocenters. The van der Waals surface area contributed by atoms with E-state index in [2.05, 4.69) is 0 Å². The molecule has 0 bridgehead atoms. The van der Waals surface area contributed by atoms with Crippen LogP contribution in [0.3, 0.4) is 0 Å². The lowest BCUT2D eigenvalue weighted by atomic mass is 9.95. The quantitative estimate of drug-likeness (QED) is 0.349. The molecule has 0 saturated carbocycles. The fourth-order valence-electron chi connectivity index (χ4n) is 4.27. The molecule has 1 amide bonds. The normalized spacial score (nSPS) is 18.0. The first-order valence-corrected chi connectivity index (χ1v) is 10.5. The minimum Gasteiger partial charge on any atom is -0.507 e. The molecule has 2 aromatic carbocycles. The van der Waals surface area contributed by atoms with Gasteiger partial charge in [0.05, 0.1) is 24.8 Å². The van der Waals surface area contributed by atoms with E-state index >= 15 is 0 Å². The van der Waals surface area contributed by atoms with Gasteiger partial charge in [-0.25, -0.2) is 0 Å². The van der Waals surface area contributed by atoms with E-state index in [4.69, 9.17) is 9.47 Å². The van der Waals surface area contributed by atoms with Crippen molar-refractivity contribution in [1.82, 2.24) is 9.47 Å². The SMILES string of the molecule is CCOc1cccc(/C(O)=C2\C(=O)C(=O)N(CCOC)C2c2cn(C)c3ccccc23)c1. The number of hydrogen-bond acceptors (Lipinski definition) is 5. The van der Waals surface area contributed by atoms with Crippen molar-refractivity contribution in [3.05, 3.63) is 71.4 Å². The Kier molecular flexibility index (Phi) is 6.01. The van der Waals surface area contributed by atoms with Crippen LogP contribution < -0.4 is 4.74 Å². The summed E-state index contributed by atoms with van der Waals surface area (Å²) < 4.78 is 12.7. The maximum absolute atomic E-state index is 13.1. The van der Waals surface area contributed by atoms with E-state index < -0.39 is 17.7 Å². The van der Waals surface area contributed by atoms with Crippen molar-refractivity contribution >= 4 is 28.4 Å². The van der Waals surface area contributed by atoms with Crippen molar-refractivity contribution in [3.8, 4) is 5.75 Å². The second-order valence-corrected chi connectivity index (χ2v) is 7.66. The Morgan fingerprint density at radius 2 is 1.91 bits per heavy atom. The van der Waals surface area contributed by atoms with E-state index in [1.54, 1.807) is 31.4 Å². The first kappa shape index (κ1) is 21.6. The number of nitrogens with zero attached hydrogens (tertiary/aromatic N) is 2. The zero-order chi connectivity index (χ0) is 22.8. The molecule has 7 heteroatoms. The molecule has 1 saturated heterocycles. The topological polar surface area (TPSA) is 81.0 Å². The van der Waals surface area contributed by atoms with Crippen LogP contribution in [0.25, 0.3) is 16.7 Å². The number of aliphatic hydroxyl groups is 1. The molecule has 0 aliphatic carbocycles.